The highest BCUT2D eigenvalue weighted by atomic mass is 16.1. The van der Waals surface area contributed by atoms with Crippen molar-refractivity contribution in [2.45, 2.75) is 19.4 Å². The summed E-state index contributed by atoms with van der Waals surface area (Å²) in [5.74, 6) is 0.0346. The molecule has 1 heterocycles. The molecule has 0 radical (unpaired) electrons. The fourth-order valence-corrected chi connectivity index (χ4v) is 1.83. The number of hydrogen-bond donors (Lipinski definition) is 2. The Morgan fingerprint density at radius 3 is 3.07 bits per heavy atom. The maximum atomic E-state index is 11.8. The number of aryl methyl sites for hydroxylation is 1. The Kier molecular flexibility index (Phi) is 3.02. The van der Waals surface area contributed by atoms with E-state index in [4.69, 9.17) is 0 Å². The second kappa shape index (κ2) is 4.45. The molecule has 0 aliphatic carbocycles. The lowest BCUT2D eigenvalue weighted by atomic mass is 10.1. The lowest BCUT2D eigenvalue weighted by Gasteiger charge is -2.11. The van der Waals surface area contributed by atoms with Crippen LogP contribution in [0.15, 0.2) is 24.3 Å². The molecule has 15 heavy (non-hydrogen) atoms. The van der Waals surface area contributed by atoms with Crippen LogP contribution in [0.1, 0.15) is 22.3 Å². The monoisotopic (exact) mass is 204 g/mol. The van der Waals surface area contributed by atoms with Gasteiger partial charge in [-0.3, -0.25) is 4.79 Å². The molecular formula is C12H16N2O. The van der Waals surface area contributed by atoms with Crippen molar-refractivity contribution in [2.75, 3.05) is 13.1 Å². The van der Waals surface area contributed by atoms with Gasteiger partial charge in [-0.15, -0.1) is 0 Å². The van der Waals surface area contributed by atoms with Gasteiger partial charge in [-0.25, -0.2) is 0 Å². The Morgan fingerprint density at radius 1 is 1.53 bits per heavy atom. The maximum Gasteiger partial charge on any atom is 0.251 e. The van der Waals surface area contributed by atoms with Crippen LogP contribution in [0, 0.1) is 6.92 Å². The van der Waals surface area contributed by atoms with Crippen molar-refractivity contribution in [3.8, 4) is 0 Å². The highest BCUT2D eigenvalue weighted by Gasteiger charge is 2.17. The smallest absolute Gasteiger partial charge is 0.251 e. The molecule has 0 spiro atoms. The maximum absolute atomic E-state index is 11.8. The summed E-state index contributed by atoms with van der Waals surface area (Å²) in [6.45, 7) is 3.88. The molecule has 1 aromatic carbocycles. The average molecular weight is 204 g/mol. The standard InChI is InChI=1S/C12H16N2O/c1-9-3-2-4-10(7-9)12(15)14-11-5-6-13-8-11/h2-4,7,11,13H,5-6,8H2,1H3,(H,14,15)/t11-/m0/s1. The zero-order valence-electron chi connectivity index (χ0n) is 8.92. The van der Waals surface area contributed by atoms with Crippen LogP contribution in [0.3, 0.4) is 0 Å². The summed E-state index contributed by atoms with van der Waals surface area (Å²) in [7, 11) is 0. The van der Waals surface area contributed by atoms with E-state index in [0.29, 0.717) is 0 Å². The zero-order valence-corrected chi connectivity index (χ0v) is 8.92. The van der Waals surface area contributed by atoms with Crippen LogP contribution in [0.2, 0.25) is 0 Å². The van der Waals surface area contributed by atoms with Crippen LogP contribution in [-0.2, 0) is 0 Å². The Hall–Kier alpha value is -1.35. The van der Waals surface area contributed by atoms with E-state index in [0.717, 1.165) is 30.6 Å². The molecule has 3 heteroatoms. The molecule has 2 rings (SSSR count). The molecule has 1 fully saturated rings. The van der Waals surface area contributed by atoms with Gasteiger partial charge in [0.15, 0.2) is 0 Å². The molecule has 0 aromatic heterocycles. The highest BCUT2D eigenvalue weighted by Crippen LogP contribution is 2.05. The summed E-state index contributed by atoms with van der Waals surface area (Å²) >= 11 is 0. The van der Waals surface area contributed by atoms with E-state index in [9.17, 15) is 4.79 Å². The Bertz CT molecular complexity index is 356. The first-order valence-corrected chi connectivity index (χ1v) is 5.34. The first kappa shape index (κ1) is 10.2. The summed E-state index contributed by atoms with van der Waals surface area (Å²) in [4.78, 5) is 11.8. The van der Waals surface area contributed by atoms with Crippen LogP contribution in [-0.4, -0.2) is 25.0 Å². The number of nitrogens with one attached hydrogen (secondary N) is 2. The van der Waals surface area contributed by atoms with E-state index < -0.39 is 0 Å². The van der Waals surface area contributed by atoms with E-state index in [1.54, 1.807) is 0 Å². The van der Waals surface area contributed by atoms with Crippen molar-refractivity contribution < 1.29 is 4.79 Å². The van der Waals surface area contributed by atoms with Gasteiger partial charge in [0.25, 0.3) is 5.91 Å². The Balaban J connectivity index is 2.01. The SMILES string of the molecule is Cc1cccc(C(=O)N[C@H]2CCNC2)c1. The first-order chi connectivity index (χ1) is 7.25. The van der Waals surface area contributed by atoms with E-state index in [-0.39, 0.29) is 11.9 Å². The van der Waals surface area contributed by atoms with E-state index in [1.165, 1.54) is 0 Å². The third kappa shape index (κ3) is 2.57. The molecule has 0 unspecified atom stereocenters. The number of hydrogen-bond acceptors (Lipinski definition) is 2. The molecule has 1 aliphatic rings. The van der Waals surface area contributed by atoms with Gasteiger partial charge in [0.2, 0.25) is 0 Å². The molecule has 1 aliphatic heterocycles. The number of benzene rings is 1. The van der Waals surface area contributed by atoms with Crippen molar-refractivity contribution in [3.63, 3.8) is 0 Å². The second-order valence-electron chi connectivity index (χ2n) is 4.03. The van der Waals surface area contributed by atoms with Gasteiger partial charge >= 0.3 is 0 Å². The number of rotatable bonds is 2. The minimum Gasteiger partial charge on any atom is -0.348 e. The van der Waals surface area contributed by atoms with Gasteiger partial charge in [-0.1, -0.05) is 17.7 Å². The Labute approximate surface area is 89.9 Å². The summed E-state index contributed by atoms with van der Waals surface area (Å²) < 4.78 is 0. The predicted octanol–water partition coefficient (Wildman–Crippen LogP) is 1.09. The van der Waals surface area contributed by atoms with E-state index in [1.807, 2.05) is 31.2 Å². The van der Waals surface area contributed by atoms with Gasteiger partial charge in [-0.2, -0.15) is 0 Å². The molecule has 80 valence electrons. The van der Waals surface area contributed by atoms with Crippen LogP contribution in [0.5, 0.6) is 0 Å². The van der Waals surface area contributed by atoms with E-state index >= 15 is 0 Å². The molecule has 1 atom stereocenters. The minimum absolute atomic E-state index is 0.0346. The summed E-state index contributed by atoms with van der Waals surface area (Å²) in [6, 6.07) is 7.96. The molecule has 1 saturated heterocycles. The summed E-state index contributed by atoms with van der Waals surface area (Å²) in [6.07, 6.45) is 1.03. The topological polar surface area (TPSA) is 41.1 Å². The van der Waals surface area contributed by atoms with Gasteiger partial charge in [0.1, 0.15) is 0 Å². The van der Waals surface area contributed by atoms with E-state index in [2.05, 4.69) is 10.6 Å². The van der Waals surface area contributed by atoms with Crippen molar-refractivity contribution >= 4 is 5.91 Å². The molecule has 0 bridgehead atoms. The fourth-order valence-electron chi connectivity index (χ4n) is 1.83. The molecule has 1 aromatic rings. The number of carbonyl (C=O) groups excluding carboxylic acids is 1. The second-order valence-corrected chi connectivity index (χ2v) is 4.03. The normalized spacial score (nSPS) is 20.2. The van der Waals surface area contributed by atoms with Gasteiger partial charge in [0.05, 0.1) is 0 Å². The fraction of sp³-hybridized carbons (Fsp3) is 0.417. The van der Waals surface area contributed by atoms with Crippen molar-refractivity contribution in [1.29, 1.82) is 0 Å². The van der Waals surface area contributed by atoms with Crippen LogP contribution < -0.4 is 10.6 Å². The Morgan fingerprint density at radius 2 is 2.40 bits per heavy atom. The van der Waals surface area contributed by atoms with Crippen molar-refractivity contribution in [1.82, 2.24) is 10.6 Å². The van der Waals surface area contributed by atoms with Gasteiger partial charge < -0.3 is 10.6 Å². The first-order valence-electron chi connectivity index (χ1n) is 5.34. The highest BCUT2D eigenvalue weighted by molar-refractivity contribution is 5.94. The largest absolute Gasteiger partial charge is 0.348 e. The van der Waals surface area contributed by atoms with Crippen LogP contribution >= 0.6 is 0 Å². The van der Waals surface area contributed by atoms with Gasteiger partial charge in [0, 0.05) is 18.2 Å². The quantitative estimate of drug-likeness (QED) is 0.757. The zero-order chi connectivity index (χ0) is 10.7. The summed E-state index contributed by atoms with van der Waals surface area (Å²) in [5.41, 5.74) is 1.87. The minimum atomic E-state index is 0.0346. The number of carbonyl (C=O) groups is 1. The van der Waals surface area contributed by atoms with Crippen LogP contribution in [0.25, 0.3) is 0 Å². The average Bonchev–Trinajstić information content (AvgIpc) is 2.70. The van der Waals surface area contributed by atoms with Crippen LogP contribution in [0.4, 0.5) is 0 Å². The van der Waals surface area contributed by atoms with Crippen molar-refractivity contribution in [2.24, 2.45) is 0 Å². The molecular weight excluding hydrogens is 188 g/mol. The molecule has 3 nitrogen and oxygen atoms in total. The predicted molar refractivity (Wildman–Crippen MR) is 59.9 cm³/mol. The van der Waals surface area contributed by atoms with Crippen molar-refractivity contribution in [3.05, 3.63) is 35.4 Å². The molecule has 2 N–H and O–H groups in total. The molecule has 0 saturated carbocycles. The third-order valence-electron chi connectivity index (χ3n) is 2.68. The third-order valence-corrected chi connectivity index (χ3v) is 2.68. The number of amides is 1. The summed E-state index contributed by atoms with van der Waals surface area (Å²) in [5, 5.41) is 6.25. The lowest BCUT2D eigenvalue weighted by molar-refractivity contribution is 0.0940. The molecule has 1 amide bonds. The lowest BCUT2D eigenvalue weighted by Crippen LogP contribution is -2.36. The van der Waals surface area contributed by atoms with Gasteiger partial charge in [-0.05, 0) is 32.0 Å².